The first-order valence-electron chi connectivity index (χ1n) is 11.7. The molecular weight excluding hydrogens is 559 g/mol. The molecule has 4 aromatic rings. The van der Waals surface area contributed by atoms with E-state index in [1.165, 1.54) is 0 Å². The van der Waals surface area contributed by atoms with Crippen LogP contribution >= 0.6 is 23.2 Å². The molecule has 0 saturated carbocycles. The highest BCUT2D eigenvalue weighted by molar-refractivity contribution is 7.92. The van der Waals surface area contributed by atoms with Crippen LogP contribution in [-0.4, -0.2) is 31.5 Å². The largest absolute Gasteiger partial charge is 0.348 e. The summed E-state index contributed by atoms with van der Waals surface area (Å²) in [5.41, 5.74) is 2.73. The summed E-state index contributed by atoms with van der Waals surface area (Å²) < 4.78 is 26.2. The molecule has 0 unspecified atom stereocenters. The minimum absolute atomic E-state index is 0.0132. The predicted octanol–water partition coefficient (Wildman–Crippen LogP) is 5.54. The molecule has 0 bridgehead atoms. The first-order chi connectivity index (χ1) is 18.6. The Morgan fingerprint density at radius 2 is 1.62 bits per heavy atom. The van der Waals surface area contributed by atoms with Gasteiger partial charge in [-0.2, -0.15) is 0 Å². The number of sulfonamides is 1. The van der Waals surface area contributed by atoms with Gasteiger partial charge in [-0.15, -0.1) is 0 Å². The number of carbonyl (C=O) groups is 2. The molecule has 0 spiro atoms. The smallest absolute Gasteiger partial charge is 0.255 e. The molecule has 39 heavy (non-hydrogen) atoms. The number of nitrogens with one attached hydrogen (secondary N) is 2. The van der Waals surface area contributed by atoms with Gasteiger partial charge in [0.2, 0.25) is 10.0 Å². The summed E-state index contributed by atoms with van der Waals surface area (Å²) in [5.74, 6) is -0.766. The summed E-state index contributed by atoms with van der Waals surface area (Å²) in [6.45, 7) is 0.280. The van der Waals surface area contributed by atoms with Crippen LogP contribution in [0.5, 0.6) is 0 Å². The molecule has 0 aliphatic rings. The van der Waals surface area contributed by atoms with Crippen LogP contribution < -0.4 is 14.9 Å². The first kappa shape index (κ1) is 28.1. The van der Waals surface area contributed by atoms with Crippen molar-refractivity contribution in [2.75, 3.05) is 15.9 Å². The number of pyridine rings is 1. The van der Waals surface area contributed by atoms with E-state index in [2.05, 4.69) is 15.6 Å². The zero-order valence-electron chi connectivity index (χ0n) is 20.8. The van der Waals surface area contributed by atoms with Crippen molar-refractivity contribution in [2.45, 2.75) is 13.1 Å². The molecule has 0 atom stereocenters. The third kappa shape index (κ3) is 7.14. The van der Waals surface area contributed by atoms with Crippen molar-refractivity contribution < 1.29 is 18.0 Å². The van der Waals surface area contributed by atoms with E-state index in [0.29, 0.717) is 28.9 Å². The second kappa shape index (κ2) is 12.3. The Balaban J connectivity index is 1.47. The summed E-state index contributed by atoms with van der Waals surface area (Å²) in [6, 6.07) is 21.6. The number of benzene rings is 3. The molecule has 200 valence electrons. The van der Waals surface area contributed by atoms with Gasteiger partial charge in [0.1, 0.15) is 0 Å². The number of anilines is 2. The van der Waals surface area contributed by atoms with Crippen LogP contribution in [0, 0.1) is 0 Å². The van der Waals surface area contributed by atoms with Crippen LogP contribution in [0.15, 0.2) is 91.3 Å². The topological polar surface area (TPSA) is 108 Å². The molecule has 0 radical (unpaired) electrons. The monoisotopic (exact) mass is 582 g/mol. The van der Waals surface area contributed by atoms with Crippen LogP contribution in [0.3, 0.4) is 0 Å². The number of amides is 2. The Labute approximate surface area is 236 Å². The van der Waals surface area contributed by atoms with Crippen molar-refractivity contribution in [3.8, 4) is 0 Å². The summed E-state index contributed by atoms with van der Waals surface area (Å²) >= 11 is 12.4. The van der Waals surface area contributed by atoms with E-state index >= 15 is 0 Å². The van der Waals surface area contributed by atoms with Crippen LogP contribution in [-0.2, 0) is 23.1 Å². The van der Waals surface area contributed by atoms with Crippen molar-refractivity contribution in [3.63, 3.8) is 0 Å². The Kier molecular flexibility index (Phi) is 8.86. The third-order valence-corrected chi connectivity index (χ3v) is 7.67. The molecule has 11 heteroatoms. The lowest BCUT2D eigenvalue weighted by molar-refractivity contribution is 0.0951. The molecule has 2 N–H and O–H groups in total. The van der Waals surface area contributed by atoms with E-state index < -0.39 is 15.9 Å². The second-order valence-electron chi connectivity index (χ2n) is 8.58. The van der Waals surface area contributed by atoms with Gasteiger partial charge in [0.15, 0.2) is 0 Å². The quantitative estimate of drug-likeness (QED) is 0.269. The van der Waals surface area contributed by atoms with E-state index in [9.17, 15) is 18.0 Å². The van der Waals surface area contributed by atoms with Gasteiger partial charge in [-0.05, 0) is 53.6 Å². The zero-order chi connectivity index (χ0) is 28.0. The SMILES string of the molecule is CS(=O)(=O)N(Cc1ccc(C(=O)Nc2ccccc2C(=O)NCc2cccnc2)cc1)c1cccc(Cl)c1Cl. The Morgan fingerprint density at radius 1 is 0.872 bits per heavy atom. The summed E-state index contributed by atoms with van der Waals surface area (Å²) in [7, 11) is -3.69. The second-order valence-corrected chi connectivity index (χ2v) is 11.3. The van der Waals surface area contributed by atoms with Crippen molar-refractivity contribution in [3.05, 3.63) is 124 Å². The van der Waals surface area contributed by atoms with E-state index in [-0.39, 0.29) is 28.2 Å². The number of hydrogen-bond acceptors (Lipinski definition) is 5. The van der Waals surface area contributed by atoms with Crippen LogP contribution in [0.4, 0.5) is 11.4 Å². The minimum atomic E-state index is -3.69. The summed E-state index contributed by atoms with van der Waals surface area (Å²) in [6.07, 6.45) is 4.39. The standard InChI is InChI=1S/C28H24Cl2N4O4S/c1-39(37,38)34(25-10-4-8-23(29)26(25)30)18-19-11-13-21(14-12-19)27(35)33-24-9-3-2-7-22(24)28(36)32-17-20-6-5-15-31-16-20/h2-16H,17-18H2,1H3,(H,32,36)(H,33,35). The minimum Gasteiger partial charge on any atom is -0.348 e. The summed E-state index contributed by atoms with van der Waals surface area (Å²) in [5, 5.41) is 5.97. The van der Waals surface area contributed by atoms with E-state index in [4.69, 9.17) is 23.2 Å². The molecule has 0 aliphatic carbocycles. The van der Waals surface area contributed by atoms with Gasteiger partial charge < -0.3 is 10.6 Å². The molecule has 3 aromatic carbocycles. The van der Waals surface area contributed by atoms with E-state index in [1.54, 1.807) is 85.2 Å². The number of hydrogen-bond donors (Lipinski definition) is 2. The fourth-order valence-corrected chi connectivity index (χ4v) is 5.10. The molecule has 1 aromatic heterocycles. The normalized spacial score (nSPS) is 11.1. The van der Waals surface area contributed by atoms with Gasteiger partial charge in [-0.1, -0.05) is 59.6 Å². The fraction of sp³-hybridized carbons (Fsp3) is 0.107. The van der Waals surface area contributed by atoms with E-state index in [1.807, 2.05) is 6.07 Å². The lowest BCUT2D eigenvalue weighted by atomic mass is 10.1. The average Bonchev–Trinajstić information content (AvgIpc) is 2.93. The molecular formula is C28H24Cl2N4O4S. The summed E-state index contributed by atoms with van der Waals surface area (Å²) in [4.78, 5) is 29.8. The highest BCUT2D eigenvalue weighted by atomic mass is 35.5. The zero-order valence-corrected chi connectivity index (χ0v) is 23.1. The van der Waals surface area contributed by atoms with Gasteiger partial charge in [-0.3, -0.25) is 18.9 Å². The third-order valence-electron chi connectivity index (χ3n) is 5.74. The maximum absolute atomic E-state index is 13.0. The average molecular weight is 583 g/mol. The van der Waals surface area contributed by atoms with Crippen LogP contribution in [0.25, 0.3) is 0 Å². The van der Waals surface area contributed by atoms with Gasteiger partial charge >= 0.3 is 0 Å². The first-order valence-corrected chi connectivity index (χ1v) is 14.3. The van der Waals surface area contributed by atoms with Gasteiger partial charge in [0.05, 0.1) is 39.8 Å². The van der Waals surface area contributed by atoms with Crippen molar-refractivity contribution in [1.82, 2.24) is 10.3 Å². The van der Waals surface area contributed by atoms with Crippen molar-refractivity contribution in [1.29, 1.82) is 0 Å². The van der Waals surface area contributed by atoms with Crippen LogP contribution in [0.2, 0.25) is 10.0 Å². The van der Waals surface area contributed by atoms with Gasteiger partial charge in [0, 0.05) is 24.5 Å². The highest BCUT2D eigenvalue weighted by Crippen LogP contribution is 2.34. The van der Waals surface area contributed by atoms with Crippen molar-refractivity contribution >= 4 is 56.4 Å². The van der Waals surface area contributed by atoms with Crippen LogP contribution in [0.1, 0.15) is 31.8 Å². The number of halogens is 2. The molecule has 2 amide bonds. The number of carbonyl (C=O) groups excluding carboxylic acids is 2. The maximum atomic E-state index is 13.0. The van der Waals surface area contributed by atoms with Gasteiger partial charge in [0.25, 0.3) is 11.8 Å². The number of aromatic nitrogens is 1. The lowest BCUT2D eigenvalue weighted by Crippen LogP contribution is -2.29. The predicted molar refractivity (Wildman–Crippen MR) is 154 cm³/mol. The van der Waals surface area contributed by atoms with Crippen molar-refractivity contribution in [2.24, 2.45) is 0 Å². The number of rotatable bonds is 9. The molecule has 1 heterocycles. The van der Waals surface area contributed by atoms with E-state index in [0.717, 1.165) is 16.1 Å². The molecule has 0 fully saturated rings. The molecule has 4 rings (SSSR count). The van der Waals surface area contributed by atoms with Gasteiger partial charge in [-0.25, -0.2) is 8.42 Å². The molecule has 0 aliphatic heterocycles. The highest BCUT2D eigenvalue weighted by Gasteiger charge is 2.22. The lowest BCUT2D eigenvalue weighted by Gasteiger charge is -2.24. The molecule has 8 nitrogen and oxygen atoms in total. The number of para-hydroxylation sites is 1. The Bertz CT molecular complexity index is 1600. The number of nitrogens with zero attached hydrogens (tertiary/aromatic N) is 2. The maximum Gasteiger partial charge on any atom is 0.255 e. The fourth-order valence-electron chi connectivity index (χ4n) is 3.76. The Morgan fingerprint density at radius 3 is 2.31 bits per heavy atom. The Hall–Kier alpha value is -3.92. The molecule has 0 saturated heterocycles.